The molecule has 1 aromatic rings. The van der Waals surface area contributed by atoms with Gasteiger partial charge in [0.2, 0.25) is 0 Å². The van der Waals surface area contributed by atoms with Crippen LogP contribution < -0.4 is 5.32 Å². The molecule has 1 aliphatic rings. The first-order valence-electron chi connectivity index (χ1n) is 6.34. The predicted molar refractivity (Wildman–Crippen MR) is 81.4 cm³/mol. The Balaban J connectivity index is 2.35. The van der Waals surface area contributed by atoms with Gasteiger partial charge < -0.3 is 0 Å². The number of hydrogen-bond donors (Lipinski definition) is 1. The largest absolute Gasteiger partial charge is 0.298 e. The van der Waals surface area contributed by atoms with E-state index in [1.54, 1.807) is 0 Å². The minimum absolute atomic E-state index is 0.0503. The zero-order valence-electron chi connectivity index (χ0n) is 11.6. The molecule has 118 valence electrons. The van der Waals surface area contributed by atoms with Crippen molar-refractivity contribution in [1.82, 2.24) is 10.2 Å². The Morgan fingerprint density at radius 3 is 2.61 bits per heavy atom. The van der Waals surface area contributed by atoms with Gasteiger partial charge in [0.1, 0.15) is 5.57 Å². The molecule has 1 fully saturated rings. The Morgan fingerprint density at radius 1 is 1.30 bits per heavy atom. The quantitative estimate of drug-likeness (QED) is 0.298. The molecule has 0 aliphatic carbocycles. The third-order valence-electron chi connectivity index (χ3n) is 2.98. The molecule has 1 saturated heterocycles. The zero-order valence-corrected chi connectivity index (χ0v) is 12.5. The van der Waals surface area contributed by atoms with Crippen LogP contribution in [0.1, 0.15) is 10.4 Å². The van der Waals surface area contributed by atoms with E-state index in [0.29, 0.717) is 6.07 Å². The van der Waals surface area contributed by atoms with E-state index < -0.39 is 34.8 Å². The highest BCUT2D eigenvalue weighted by atomic mass is 32.1. The molecule has 8 heteroatoms. The van der Waals surface area contributed by atoms with Crippen LogP contribution in [-0.4, -0.2) is 34.2 Å². The molecule has 1 heterocycles. The zero-order chi connectivity index (χ0) is 17.1. The van der Waals surface area contributed by atoms with Crippen LogP contribution in [0.4, 0.5) is 8.78 Å². The first-order valence-corrected chi connectivity index (χ1v) is 6.75. The van der Waals surface area contributed by atoms with Crippen molar-refractivity contribution in [2.45, 2.75) is 0 Å². The number of thiocarbonyl (C=S) groups is 1. The van der Waals surface area contributed by atoms with E-state index in [9.17, 15) is 23.2 Å². The summed E-state index contributed by atoms with van der Waals surface area (Å²) >= 11 is 4.86. The summed E-state index contributed by atoms with van der Waals surface area (Å²) < 4.78 is 26.0. The van der Waals surface area contributed by atoms with Crippen molar-refractivity contribution in [3.8, 4) is 0 Å². The van der Waals surface area contributed by atoms with Crippen molar-refractivity contribution in [3.05, 3.63) is 59.7 Å². The molecule has 2 amide bonds. The second kappa shape index (κ2) is 6.57. The summed E-state index contributed by atoms with van der Waals surface area (Å²) in [5.41, 5.74) is -0.643. The van der Waals surface area contributed by atoms with Gasteiger partial charge in [-0.1, -0.05) is 6.08 Å². The SMILES string of the molecule is C=CCN1C(=O)/C(=C\C(=O)c2ccc(F)c(F)c2)C(=O)NC1=S. The van der Waals surface area contributed by atoms with Gasteiger partial charge in [-0.2, -0.15) is 0 Å². The molecule has 1 aliphatic heterocycles. The van der Waals surface area contributed by atoms with E-state index in [4.69, 9.17) is 12.2 Å². The minimum atomic E-state index is -1.21. The van der Waals surface area contributed by atoms with Gasteiger partial charge in [0.25, 0.3) is 11.8 Å². The van der Waals surface area contributed by atoms with E-state index in [1.165, 1.54) is 6.08 Å². The number of benzene rings is 1. The van der Waals surface area contributed by atoms with Crippen molar-refractivity contribution < 1.29 is 23.2 Å². The molecule has 0 atom stereocenters. The van der Waals surface area contributed by atoms with Crippen LogP contribution in [0.5, 0.6) is 0 Å². The van der Waals surface area contributed by atoms with E-state index >= 15 is 0 Å². The molecule has 1 N–H and O–H groups in total. The third-order valence-corrected chi connectivity index (χ3v) is 3.30. The maximum Gasteiger partial charge on any atom is 0.266 e. The van der Waals surface area contributed by atoms with Crippen LogP contribution in [0.2, 0.25) is 0 Å². The van der Waals surface area contributed by atoms with E-state index in [2.05, 4.69) is 11.9 Å². The fourth-order valence-electron chi connectivity index (χ4n) is 1.85. The van der Waals surface area contributed by atoms with Crippen molar-refractivity contribution in [2.24, 2.45) is 0 Å². The van der Waals surface area contributed by atoms with E-state index in [0.717, 1.165) is 23.1 Å². The summed E-state index contributed by atoms with van der Waals surface area (Å²) in [6, 6.07) is 2.52. The molecule has 5 nitrogen and oxygen atoms in total. The van der Waals surface area contributed by atoms with Gasteiger partial charge in [-0.15, -0.1) is 6.58 Å². The number of rotatable bonds is 4. The van der Waals surface area contributed by atoms with Gasteiger partial charge in [0, 0.05) is 18.2 Å². The molecular weight excluding hydrogens is 326 g/mol. The second-order valence-corrected chi connectivity index (χ2v) is 4.90. The standard InChI is InChI=1S/C15H10F2N2O3S/c1-2-5-19-14(22)9(13(21)18-15(19)23)7-12(20)8-3-4-10(16)11(17)6-8/h2-4,6-7H,1,5H2,(H,18,21,23)/b9-7-. The third kappa shape index (κ3) is 3.37. The average Bonchev–Trinajstić information content (AvgIpc) is 2.50. The monoisotopic (exact) mass is 336 g/mol. The lowest BCUT2D eigenvalue weighted by Gasteiger charge is -2.27. The average molecular weight is 336 g/mol. The number of carbonyl (C=O) groups is 3. The number of nitrogens with one attached hydrogen (secondary N) is 1. The minimum Gasteiger partial charge on any atom is -0.298 e. The molecule has 0 unspecified atom stereocenters. The molecule has 0 radical (unpaired) electrons. The number of amides is 2. The molecule has 0 bridgehead atoms. The highest BCUT2D eigenvalue weighted by molar-refractivity contribution is 7.80. The summed E-state index contributed by atoms with van der Waals surface area (Å²) in [5, 5.41) is 2.17. The Morgan fingerprint density at radius 2 is 2.00 bits per heavy atom. The first-order chi connectivity index (χ1) is 10.8. The predicted octanol–water partition coefficient (Wildman–Crippen LogP) is 1.50. The smallest absolute Gasteiger partial charge is 0.266 e. The van der Waals surface area contributed by atoms with E-state index in [-0.39, 0.29) is 17.2 Å². The maximum absolute atomic E-state index is 13.2. The number of halogens is 2. The summed E-state index contributed by atoms with van der Waals surface area (Å²) in [7, 11) is 0. The number of allylic oxidation sites excluding steroid dienone is 1. The van der Waals surface area contributed by atoms with Gasteiger partial charge in [-0.3, -0.25) is 24.6 Å². The number of ketones is 1. The van der Waals surface area contributed by atoms with Crippen molar-refractivity contribution in [3.63, 3.8) is 0 Å². The first kappa shape index (κ1) is 16.6. The van der Waals surface area contributed by atoms with Crippen molar-refractivity contribution in [1.29, 1.82) is 0 Å². The Labute approximate surface area is 135 Å². The number of carbonyl (C=O) groups excluding carboxylic acids is 3. The highest BCUT2D eigenvalue weighted by Crippen LogP contribution is 2.14. The molecule has 0 aromatic heterocycles. The fourth-order valence-corrected chi connectivity index (χ4v) is 2.10. The maximum atomic E-state index is 13.2. The van der Waals surface area contributed by atoms with E-state index in [1.807, 2.05) is 0 Å². The molecule has 0 spiro atoms. The Hall–Kier alpha value is -2.74. The molecular formula is C15H10F2N2O3S. The van der Waals surface area contributed by atoms with Gasteiger partial charge in [-0.05, 0) is 30.4 Å². The van der Waals surface area contributed by atoms with Crippen LogP contribution in [0, 0.1) is 11.6 Å². The molecule has 1 aromatic carbocycles. The molecule has 2 rings (SSSR count). The van der Waals surface area contributed by atoms with Crippen LogP contribution in [-0.2, 0) is 9.59 Å². The summed E-state index contributed by atoms with van der Waals surface area (Å²) in [4.78, 5) is 37.1. The van der Waals surface area contributed by atoms with Crippen LogP contribution in [0.15, 0.2) is 42.5 Å². The van der Waals surface area contributed by atoms with Crippen LogP contribution in [0.3, 0.4) is 0 Å². The van der Waals surface area contributed by atoms with Gasteiger partial charge in [-0.25, -0.2) is 8.78 Å². The van der Waals surface area contributed by atoms with Gasteiger partial charge >= 0.3 is 0 Å². The molecule has 0 saturated carbocycles. The lowest BCUT2D eigenvalue weighted by Crippen LogP contribution is -2.54. The summed E-state index contributed by atoms with van der Waals surface area (Å²) in [6.07, 6.45) is 2.17. The highest BCUT2D eigenvalue weighted by Gasteiger charge is 2.33. The van der Waals surface area contributed by atoms with Crippen molar-refractivity contribution in [2.75, 3.05) is 6.54 Å². The van der Waals surface area contributed by atoms with Crippen LogP contribution >= 0.6 is 12.2 Å². The van der Waals surface area contributed by atoms with Gasteiger partial charge in [0.15, 0.2) is 22.5 Å². The Bertz CT molecular complexity index is 774. The normalized spacial score (nSPS) is 16.5. The summed E-state index contributed by atoms with van der Waals surface area (Å²) in [5.74, 6) is -4.73. The summed E-state index contributed by atoms with van der Waals surface area (Å²) in [6.45, 7) is 3.51. The topological polar surface area (TPSA) is 66.5 Å². The Kier molecular flexibility index (Phi) is 4.75. The lowest BCUT2D eigenvalue weighted by molar-refractivity contribution is -0.128. The lowest BCUT2D eigenvalue weighted by atomic mass is 10.1. The van der Waals surface area contributed by atoms with Gasteiger partial charge in [0.05, 0.1) is 0 Å². The number of hydrogen-bond acceptors (Lipinski definition) is 4. The van der Waals surface area contributed by atoms with Crippen LogP contribution in [0.25, 0.3) is 0 Å². The van der Waals surface area contributed by atoms with Crippen molar-refractivity contribution >= 4 is 34.9 Å². The number of nitrogens with zero attached hydrogens (tertiary/aromatic N) is 1. The second-order valence-electron chi connectivity index (χ2n) is 4.51. The molecule has 23 heavy (non-hydrogen) atoms. The fraction of sp³-hybridized carbons (Fsp3) is 0.0667.